The lowest BCUT2D eigenvalue weighted by Crippen LogP contribution is -2.51. The average molecular weight is 795 g/mol. The third-order valence-corrected chi connectivity index (χ3v) is 15.3. The summed E-state index contributed by atoms with van der Waals surface area (Å²) in [5, 5.41) is 8.77. The van der Waals surface area contributed by atoms with Crippen LogP contribution in [0.3, 0.4) is 0 Å². The smallest absolute Gasteiger partial charge is 0.306 e. The fraction of sp³-hybridized carbons (Fsp3) is 0.712. The highest BCUT2D eigenvalue weighted by atomic mass is 16.5. The van der Waals surface area contributed by atoms with E-state index in [0.717, 1.165) is 104 Å². The molecule has 0 unspecified atom stereocenters. The summed E-state index contributed by atoms with van der Waals surface area (Å²) in [7, 11) is 0. The number of ether oxygens (including phenoxy) is 3. The Kier molecular flexibility index (Phi) is 16.4. The van der Waals surface area contributed by atoms with Crippen molar-refractivity contribution in [2.24, 2.45) is 56.6 Å². The van der Waals surface area contributed by atoms with Crippen LogP contribution in [0, 0.1) is 46.3 Å². The van der Waals surface area contributed by atoms with Gasteiger partial charge < -0.3 is 14.2 Å². The highest BCUT2D eigenvalue weighted by Gasteiger charge is 2.59. The number of azo groups is 1. The van der Waals surface area contributed by atoms with Crippen molar-refractivity contribution in [2.45, 2.75) is 176 Å². The number of unbranched alkanes of at least 4 members (excludes halogenated alkanes) is 6. The molecule has 0 amide bonds. The van der Waals surface area contributed by atoms with Crippen molar-refractivity contribution >= 4 is 17.3 Å². The van der Waals surface area contributed by atoms with Gasteiger partial charge in [0.2, 0.25) is 0 Å². The van der Waals surface area contributed by atoms with Gasteiger partial charge in [0.05, 0.1) is 24.6 Å². The molecule has 8 atom stereocenters. The number of benzene rings is 2. The van der Waals surface area contributed by atoms with E-state index in [9.17, 15) is 4.79 Å². The normalized spacial score (nSPS) is 28.4. The second-order valence-corrected chi connectivity index (χ2v) is 19.8. The number of nitrogens with zero attached hydrogens (tertiary/aromatic N) is 2. The topological polar surface area (TPSA) is 69.5 Å². The van der Waals surface area contributed by atoms with Gasteiger partial charge in [-0.05, 0) is 159 Å². The number of carbonyl (C=O) groups is 1. The first kappa shape index (κ1) is 44.4. The van der Waals surface area contributed by atoms with Gasteiger partial charge in [0, 0.05) is 12.8 Å². The third-order valence-electron chi connectivity index (χ3n) is 15.3. The maximum Gasteiger partial charge on any atom is 0.306 e. The first-order valence-corrected chi connectivity index (χ1v) is 23.9. The van der Waals surface area contributed by atoms with E-state index < -0.39 is 0 Å². The van der Waals surface area contributed by atoms with Gasteiger partial charge >= 0.3 is 5.97 Å². The van der Waals surface area contributed by atoms with Crippen LogP contribution in [0.5, 0.6) is 11.5 Å². The van der Waals surface area contributed by atoms with Crippen LogP contribution in [0.25, 0.3) is 0 Å². The predicted molar refractivity (Wildman–Crippen MR) is 238 cm³/mol. The maximum absolute atomic E-state index is 13.0. The molecular formula is C52H78N2O4. The summed E-state index contributed by atoms with van der Waals surface area (Å²) in [5.41, 5.74) is 3.95. The molecule has 0 bridgehead atoms. The lowest BCUT2D eigenvalue weighted by atomic mass is 9.47. The molecule has 3 fully saturated rings. The molecule has 0 saturated heterocycles. The van der Waals surface area contributed by atoms with Gasteiger partial charge in [-0.2, -0.15) is 10.2 Å². The highest BCUT2D eigenvalue weighted by Crippen LogP contribution is 2.67. The van der Waals surface area contributed by atoms with Crippen LogP contribution < -0.4 is 9.47 Å². The fourth-order valence-corrected chi connectivity index (χ4v) is 12.0. The van der Waals surface area contributed by atoms with E-state index in [1.54, 1.807) is 5.57 Å². The molecule has 4 aliphatic rings. The van der Waals surface area contributed by atoms with Crippen molar-refractivity contribution in [3.63, 3.8) is 0 Å². The van der Waals surface area contributed by atoms with E-state index in [2.05, 4.69) is 57.8 Å². The minimum atomic E-state index is -0.0547. The Balaban J connectivity index is 0.863. The van der Waals surface area contributed by atoms with Gasteiger partial charge in [0.15, 0.2) is 0 Å². The SMILES string of the molecule is CCCCCCCCOc1ccc(N=Nc2ccc(OCCCCC(=O)O[C@H]3CC[C@@]4(C)C(=CC[C@H]5[C@@H]6CC[C@H]([C@H](C)CCCC(C)C)[C@@]6(C)CC[C@@H]54)C3)cc2)cc1. The Bertz CT molecular complexity index is 1620. The van der Waals surface area contributed by atoms with Crippen molar-refractivity contribution in [3.05, 3.63) is 60.2 Å². The zero-order valence-corrected chi connectivity index (χ0v) is 37.3. The molecule has 0 radical (unpaired) electrons. The van der Waals surface area contributed by atoms with Crippen molar-refractivity contribution in [2.75, 3.05) is 13.2 Å². The van der Waals surface area contributed by atoms with Gasteiger partial charge in [0.25, 0.3) is 0 Å². The summed E-state index contributed by atoms with van der Waals surface area (Å²) in [6.07, 6.45) is 26.4. The van der Waals surface area contributed by atoms with Crippen molar-refractivity contribution in [3.8, 4) is 11.5 Å². The predicted octanol–water partition coefficient (Wildman–Crippen LogP) is 15.3. The zero-order chi connectivity index (χ0) is 41.0. The van der Waals surface area contributed by atoms with E-state index in [-0.39, 0.29) is 17.5 Å². The highest BCUT2D eigenvalue weighted by molar-refractivity contribution is 5.69. The van der Waals surface area contributed by atoms with Crippen LogP contribution in [0.2, 0.25) is 0 Å². The van der Waals surface area contributed by atoms with E-state index in [0.29, 0.717) is 18.4 Å². The molecule has 0 aromatic heterocycles. The summed E-state index contributed by atoms with van der Waals surface area (Å²) in [6, 6.07) is 15.5. The Hall–Kier alpha value is -3.15. The number of esters is 1. The van der Waals surface area contributed by atoms with E-state index >= 15 is 0 Å². The molecule has 58 heavy (non-hydrogen) atoms. The van der Waals surface area contributed by atoms with Gasteiger partial charge in [-0.3, -0.25) is 4.79 Å². The Morgan fingerprint density at radius 3 is 2.02 bits per heavy atom. The van der Waals surface area contributed by atoms with E-state index in [1.807, 2.05) is 48.5 Å². The number of hydrogen-bond donors (Lipinski definition) is 0. The number of carbonyl (C=O) groups excluding carboxylic acids is 1. The Morgan fingerprint density at radius 2 is 1.36 bits per heavy atom. The van der Waals surface area contributed by atoms with Crippen LogP contribution in [0.15, 0.2) is 70.4 Å². The van der Waals surface area contributed by atoms with Gasteiger partial charge in [-0.1, -0.05) is 105 Å². The van der Waals surface area contributed by atoms with Crippen molar-refractivity contribution in [1.82, 2.24) is 0 Å². The van der Waals surface area contributed by atoms with Crippen LogP contribution in [0.4, 0.5) is 11.4 Å². The largest absolute Gasteiger partial charge is 0.494 e. The molecule has 2 aromatic carbocycles. The summed E-state index contributed by atoms with van der Waals surface area (Å²) >= 11 is 0. The van der Waals surface area contributed by atoms with Gasteiger partial charge in [-0.15, -0.1) is 0 Å². The standard InChI is InChI=1S/C52H78N2O4/c1-7-8-9-10-11-13-35-56-43-24-20-41(21-25-43)53-54-42-22-26-44(27-23-42)57-36-14-12-18-50(55)58-45-31-33-51(5)40(37-45)19-28-46-48-30-29-47(39(4)17-15-16-38(2)3)52(48,6)34-32-49(46)51/h19-27,38-39,45-49H,7-18,28-37H2,1-6H3/t39-,45+,46+,47-,48+,49+,51+,52-/m1/s1. The molecule has 320 valence electrons. The molecule has 0 heterocycles. The molecule has 0 N–H and O–H groups in total. The number of rotatable bonds is 22. The minimum absolute atomic E-state index is 0.0276. The summed E-state index contributed by atoms with van der Waals surface area (Å²) in [6.45, 7) is 16.1. The van der Waals surface area contributed by atoms with E-state index in [1.165, 1.54) is 83.5 Å². The third kappa shape index (κ3) is 11.6. The lowest BCUT2D eigenvalue weighted by molar-refractivity contribution is -0.151. The molecule has 0 aliphatic heterocycles. The number of fused-ring (bicyclic) bond motifs is 5. The first-order valence-electron chi connectivity index (χ1n) is 23.9. The number of hydrogen-bond acceptors (Lipinski definition) is 6. The van der Waals surface area contributed by atoms with E-state index in [4.69, 9.17) is 14.2 Å². The maximum atomic E-state index is 13.0. The molecule has 6 rings (SSSR count). The average Bonchev–Trinajstić information content (AvgIpc) is 3.58. The minimum Gasteiger partial charge on any atom is -0.494 e. The molecule has 6 nitrogen and oxygen atoms in total. The lowest BCUT2D eigenvalue weighted by Gasteiger charge is -2.58. The van der Waals surface area contributed by atoms with Crippen LogP contribution in [-0.2, 0) is 9.53 Å². The van der Waals surface area contributed by atoms with Crippen LogP contribution in [0.1, 0.15) is 170 Å². The van der Waals surface area contributed by atoms with Gasteiger partial charge in [-0.25, -0.2) is 0 Å². The summed E-state index contributed by atoms with van der Waals surface area (Å²) in [5.74, 6) is 6.69. The number of allylic oxidation sites excluding steroid dienone is 1. The Labute approximate surface area is 352 Å². The molecule has 3 saturated carbocycles. The molecule has 0 spiro atoms. The van der Waals surface area contributed by atoms with Gasteiger partial charge in [0.1, 0.15) is 17.6 Å². The van der Waals surface area contributed by atoms with Crippen LogP contribution in [-0.4, -0.2) is 25.3 Å². The zero-order valence-electron chi connectivity index (χ0n) is 37.3. The molecule has 4 aliphatic carbocycles. The second kappa shape index (κ2) is 21.4. The first-order chi connectivity index (χ1) is 28.1. The molecular weight excluding hydrogens is 717 g/mol. The molecule has 2 aromatic rings. The van der Waals surface area contributed by atoms with Crippen molar-refractivity contribution in [1.29, 1.82) is 0 Å². The summed E-state index contributed by atoms with van der Waals surface area (Å²) < 4.78 is 18.0. The summed E-state index contributed by atoms with van der Waals surface area (Å²) in [4.78, 5) is 13.0. The monoisotopic (exact) mass is 795 g/mol. The van der Waals surface area contributed by atoms with Crippen molar-refractivity contribution < 1.29 is 19.0 Å². The fourth-order valence-electron chi connectivity index (χ4n) is 12.0. The molecule has 6 heteroatoms. The second-order valence-electron chi connectivity index (χ2n) is 19.8. The Morgan fingerprint density at radius 1 is 0.724 bits per heavy atom. The van der Waals surface area contributed by atoms with Crippen LogP contribution >= 0.6 is 0 Å². The quantitative estimate of drug-likeness (QED) is 0.0515.